The molecule has 1 atom stereocenters. The summed E-state index contributed by atoms with van der Waals surface area (Å²) in [5.74, 6) is -0.672. The third-order valence-corrected chi connectivity index (χ3v) is 3.70. The largest absolute Gasteiger partial charge is 0.494 e. The predicted octanol–water partition coefficient (Wildman–Crippen LogP) is 1.78. The van der Waals surface area contributed by atoms with Crippen LogP contribution in [0.25, 0.3) is 0 Å². The predicted molar refractivity (Wildman–Crippen MR) is 74.8 cm³/mol. The molecule has 3 rings (SSSR count). The normalized spacial score (nSPS) is 17.1. The molecule has 110 valence electrons. The molecule has 0 spiro atoms. The maximum absolute atomic E-state index is 13.6. The van der Waals surface area contributed by atoms with Gasteiger partial charge in [-0.15, -0.1) is 0 Å². The number of nitrogens with one attached hydrogen (secondary N) is 1. The highest BCUT2D eigenvalue weighted by atomic mass is 19.1. The molecule has 0 unspecified atom stereocenters. The second-order valence-electron chi connectivity index (χ2n) is 5.06. The van der Waals surface area contributed by atoms with E-state index >= 15 is 0 Å². The Morgan fingerprint density at radius 2 is 2.33 bits per heavy atom. The standard InChI is InChI=1S/C15H16FN3O2/c1-21-14-3-2-10(8-13(14)16)15(20)18-11-5-7-19-12(9-11)4-6-17-19/h2-4,6,8,11H,5,7,9H2,1H3,(H,18,20)/t11-/m1/s1. The van der Waals surface area contributed by atoms with Crippen LogP contribution in [0.5, 0.6) is 5.75 Å². The molecule has 5 nitrogen and oxygen atoms in total. The van der Waals surface area contributed by atoms with Crippen LogP contribution in [0.1, 0.15) is 22.5 Å². The number of hydrogen-bond acceptors (Lipinski definition) is 3. The van der Waals surface area contributed by atoms with Gasteiger partial charge in [-0.3, -0.25) is 9.48 Å². The van der Waals surface area contributed by atoms with E-state index in [9.17, 15) is 9.18 Å². The zero-order valence-corrected chi connectivity index (χ0v) is 11.7. The molecule has 2 heterocycles. The summed E-state index contributed by atoms with van der Waals surface area (Å²) >= 11 is 0. The Labute approximate surface area is 121 Å². The van der Waals surface area contributed by atoms with Crippen molar-refractivity contribution in [2.45, 2.75) is 25.4 Å². The van der Waals surface area contributed by atoms with Crippen molar-refractivity contribution >= 4 is 5.91 Å². The first kappa shape index (κ1) is 13.6. The lowest BCUT2D eigenvalue weighted by Gasteiger charge is -2.24. The summed E-state index contributed by atoms with van der Waals surface area (Å²) in [5.41, 5.74) is 1.40. The molecule has 1 aliphatic heterocycles. The lowest BCUT2D eigenvalue weighted by Crippen LogP contribution is -2.40. The minimum absolute atomic E-state index is 0.0480. The average Bonchev–Trinajstić information content (AvgIpc) is 2.94. The number of nitrogens with zero attached hydrogens (tertiary/aromatic N) is 2. The summed E-state index contributed by atoms with van der Waals surface area (Å²) in [4.78, 5) is 12.2. The summed E-state index contributed by atoms with van der Waals surface area (Å²) in [6.45, 7) is 0.782. The number of aromatic nitrogens is 2. The Morgan fingerprint density at radius 1 is 1.48 bits per heavy atom. The number of carbonyl (C=O) groups is 1. The number of methoxy groups -OCH3 is 1. The van der Waals surface area contributed by atoms with Gasteiger partial charge in [-0.1, -0.05) is 0 Å². The van der Waals surface area contributed by atoms with Crippen LogP contribution in [0.4, 0.5) is 4.39 Å². The molecular weight excluding hydrogens is 273 g/mol. The number of halogens is 1. The van der Waals surface area contributed by atoms with Crippen molar-refractivity contribution in [1.82, 2.24) is 15.1 Å². The van der Waals surface area contributed by atoms with Crippen LogP contribution in [0, 0.1) is 5.82 Å². The molecule has 0 fully saturated rings. The van der Waals surface area contributed by atoms with Crippen LogP contribution in [0.2, 0.25) is 0 Å². The summed E-state index contributed by atoms with van der Waals surface area (Å²) in [5, 5.41) is 7.14. The van der Waals surface area contributed by atoms with E-state index in [1.807, 2.05) is 10.7 Å². The lowest BCUT2D eigenvalue weighted by molar-refractivity contribution is 0.0929. The minimum atomic E-state index is -0.535. The third-order valence-electron chi connectivity index (χ3n) is 3.70. The monoisotopic (exact) mass is 289 g/mol. The second-order valence-corrected chi connectivity index (χ2v) is 5.06. The van der Waals surface area contributed by atoms with Gasteiger partial charge in [-0.2, -0.15) is 5.10 Å². The Kier molecular flexibility index (Phi) is 3.60. The van der Waals surface area contributed by atoms with Gasteiger partial charge in [-0.05, 0) is 30.7 Å². The first-order valence-corrected chi connectivity index (χ1v) is 6.82. The molecule has 2 aromatic rings. The average molecular weight is 289 g/mol. The molecule has 0 saturated heterocycles. The number of ether oxygens (including phenoxy) is 1. The van der Waals surface area contributed by atoms with Crippen molar-refractivity contribution < 1.29 is 13.9 Å². The molecule has 21 heavy (non-hydrogen) atoms. The van der Waals surface area contributed by atoms with Gasteiger partial charge < -0.3 is 10.1 Å². The van der Waals surface area contributed by atoms with Crippen molar-refractivity contribution in [3.8, 4) is 5.75 Å². The van der Waals surface area contributed by atoms with Crippen LogP contribution in [-0.2, 0) is 13.0 Å². The van der Waals surface area contributed by atoms with Gasteiger partial charge in [0, 0.05) is 36.5 Å². The Bertz CT molecular complexity index is 669. The van der Waals surface area contributed by atoms with E-state index in [0.29, 0.717) is 5.56 Å². The zero-order chi connectivity index (χ0) is 14.8. The molecule has 1 aliphatic rings. The molecule has 6 heteroatoms. The SMILES string of the molecule is COc1ccc(C(=O)N[C@@H]2CCn3nccc3C2)cc1F. The topological polar surface area (TPSA) is 56.1 Å². The van der Waals surface area contributed by atoms with Crippen LogP contribution in [0.15, 0.2) is 30.5 Å². The number of hydrogen-bond donors (Lipinski definition) is 1. The van der Waals surface area contributed by atoms with Crippen molar-refractivity contribution in [1.29, 1.82) is 0 Å². The molecule has 1 amide bonds. The van der Waals surface area contributed by atoms with E-state index in [1.54, 1.807) is 12.3 Å². The van der Waals surface area contributed by atoms with Crippen molar-refractivity contribution in [3.63, 3.8) is 0 Å². The van der Waals surface area contributed by atoms with Crippen LogP contribution in [-0.4, -0.2) is 28.8 Å². The second kappa shape index (κ2) is 5.55. The Morgan fingerprint density at radius 3 is 3.10 bits per heavy atom. The van der Waals surface area contributed by atoms with E-state index < -0.39 is 5.82 Å². The lowest BCUT2D eigenvalue weighted by atomic mass is 10.0. The number of carbonyl (C=O) groups excluding carboxylic acids is 1. The van der Waals surface area contributed by atoms with Gasteiger partial charge in [0.05, 0.1) is 7.11 Å². The van der Waals surface area contributed by atoms with E-state index in [0.717, 1.165) is 25.1 Å². The summed E-state index contributed by atoms with van der Waals surface area (Å²) in [6.07, 6.45) is 3.32. The number of fused-ring (bicyclic) bond motifs is 1. The van der Waals surface area contributed by atoms with Gasteiger partial charge in [0.1, 0.15) is 0 Å². The molecule has 1 N–H and O–H groups in total. The molecule has 1 aromatic heterocycles. The molecule has 0 saturated carbocycles. The quantitative estimate of drug-likeness (QED) is 0.937. The van der Waals surface area contributed by atoms with Gasteiger partial charge in [0.15, 0.2) is 11.6 Å². The van der Waals surface area contributed by atoms with Crippen molar-refractivity contribution in [2.24, 2.45) is 0 Å². The molecule has 1 aromatic carbocycles. The van der Waals surface area contributed by atoms with Crippen LogP contribution < -0.4 is 10.1 Å². The van der Waals surface area contributed by atoms with E-state index in [2.05, 4.69) is 10.4 Å². The Balaban J connectivity index is 1.68. The van der Waals surface area contributed by atoms with Crippen molar-refractivity contribution in [3.05, 3.63) is 47.5 Å². The first-order valence-electron chi connectivity index (χ1n) is 6.82. The summed E-state index contributed by atoms with van der Waals surface area (Å²) in [7, 11) is 1.39. The number of rotatable bonds is 3. The number of benzene rings is 1. The molecule has 0 aliphatic carbocycles. The van der Waals surface area contributed by atoms with E-state index in [1.165, 1.54) is 19.2 Å². The number of aryl methyl sites for hydroxylation is 1. The van der Waals surface area contributed by atoms with Crippen LogP contribution >= 0.6 is 0 Å². The fourth-order valence-corrected chi connectivity index (χ4v) is 2.57. The maximum atomic E-state index is 13.6. The van der Waals surface area contributed by atoms with Gasteiger partial charge in [0.2, 0.25) is 0 Å². The fraction of sp³-hybridized carbons (Fsp3) is 0.333. The highest BCUT2D eigenvalue weighted by Crippen LogP contribution is 2.19. The third kappa shape index (κ3) is 2.74. The Hall–Kier alpha value is -2.37. The first-order chi connectivity index (χ1) is 10.2. The van der Waals surface area contributed by atoms with E-state index in [4.69, 9.17) is 4.74 Å². The summed E-state index contributed by atoms with van der Waals surface area (Å²) in [6, 6.07) is 6.21. The zero-order valence-electron chi connectivity index (χ0n) is 11.7. The van der Waals surface area contributed by atoms with E-state index in [-0.39, 0.29) is 17.7 Å². The minimum Gasteiger partial charge on any atom is -0.494 e. The highest BCUT2D eigenvalue weighted by molar-refractivity contribution is 5.94. The smallest absolute Gasteiger partial charge is 0.251 e. The van der Waals surface area contributed by atoms with Gasteiger partial charge in [0.25, 0.3) is 5.91 Å². The van der Waals surface area contributed by atoms with Gasteiger partial charge in [-0.25, -0.2) is 4.39 Å². The molecule has 0 radical (unpaired) electrons. The fourth-order valence-electron chi connectivity index (χ4n) is 2.57. The van der Waals surface area contributed by atoms with Crippen molar-refractivity contribution in [2.75, 3.05) is 7.11 Å². The highest BCUT2D eigenvalue weighted by Gasteiger charge is 2.21. The van der Waals surface area contributed by atoms with Gasteiger partial charge >= 0.3 is 0 Å². The summed E-state index contributed by atoms with van der Waals surface area (Å²) < 4.78 is 20.4. The molecular formula is C15H16FN3O2. The maximum Gasteiger partial charge on any atom is 0.251 e. The molecule has 0 bridgehead atoms. The number of amides is 1. The van der Waals surface area contributed by atoms with Crippen LogP contribution in [0.3, 0.4) is 0 Å².